The molecule has 1 saturated carbocycles. The van der Waals surface area contributed by atoms with Crippen LogP contribution in [0.1, 0.15) is 58.5 Å². The first-order valence-corrected chi connectivity index (χ1v) is 14.0. The lowest BCUT2D eigenvalue weighted by Crippen LogP contribution is -2.31. The number of alkyl halides is 2. The van der Waals surface area contributed by atoms with Crippen LogP contribution < -0.4 is 20.1 Å². The van der Waals surface area contributed by atoms with Crippen molar-refractivity contribution in [1.82, 2.24) is 9.88 Å². The van der Waals surface area contributed by atoms with E-state index in [2.05, 4.69) is 25.1 Å². The topological polar surface area (TPSA) is 102 Å². The monoisotopic (exact) mass is 580 g/mol. The molecule has 0 unspecified atom stereocenters. The normalized spacial score (nSPS) is 18.8. The highest BCUT2D eigenvalue weighted by atomic mass is 19.3. The molecule has 1 aliphatic heterocycles. The second-order valence-electron chi connectivity index (χ2n) is 10.6. The van der Waals surface area contributed by atoms with Gasteiger partial charge in [0.05, 0.1) is 11.7 Å². The van der Waals surface area contributed by atoms with Gasteiger partial charge in [0, 0.05) is 50.9 Å². The molecule has 2 heterocycles. The smallest absolute Gasteiger partial charge is 0.395 e. The lowest BCUT2D eigenvalue weighted by atomic mass is 9.85. The van der Waals surface area contributed by atoms with Gasteiger partial charge in [0.2, 0.25) is 0 Å². The van der Waals surface area contributed by atoms with Crippen molar-refractivity contribution in [3.05, 3.63) is 77.6 Å². The standard InChI is InChI=1S/C31H34F2N4O5/c1-37(16-14-20-7-10-23(40-2)11-8-20)30(39)26-17-21(13-15-34-26)19-35-25-6-4-3-5-24(25)29(38)36-22-9-12-27-28(18-22)42-31(32,33)41-27/h3-6,9,12-13,15,17-18,20,23,35H,7-8,10-11,14,16,19H2,1-2H3,(H,36,38). The summed E-state index contributed by atoms with van der Waals surface area (Å²) in [5.41, 5.74) is 2.38. The molecule has 2 aromatic carbocycles. The molecule has 1 fully saturated rings. The van der Waals surface area contributed by atoms with Crippen molar-refractivity contribution >= 4 is 23.2 Å². The Morgan fingerprint density at radius 1 is 1.05 bits per heavy atom. The zero-order valence-corrected chi connectivity index (χ0v) is 23.6. The average Bonchev–Trinajstić information content (AvgIpc) is 3.32. The van der Waals surface area contributed by atoms with Crippen LogP contribution in [0.3, 0.4) is 0 Å². The van der Waals surface area contributed by atoms with Crippen LogP contribution in [0.15, 0.2) is 60.8 Å². The molecule has 2 N–H and O–H groups in total. The van der Waals surface area contributed by atoms with Gasteiger partial charge in [0.1, 0.15) is 5.69 Å². The number of nitrogens with one attached hydrogen (secondary N) is 2. The van der Waals surface area contributed by atoms with Gasteiger partial charge in [-0.3, -0.25) is 14.6 Å². The first kappa shape index (κ1) is 29.2. The molecule has 1 aromatic heterocycles. The highest BCUT2D eigenvalue weighted by Crippen LogP contribution is 2.42. The maximum atomic E-state index is 13.3. The number of carbonyl (C=O) groups excluding carboxylic acids is 2. The third-order valence-electron chi connectivity index (χ3n) is 7.70. The molecular formula is C31H34F2N4O5. The number of para-hydroxylation sites is 1. The number of methoxy groups -OCH3 is 1. The first-order valence-electron chi connectivity index (χ1n) is 14.0. The minimum absolute atomic E-state index is 0.105. The van der Waals surface area contributed by atoms with E-state index in [1.54, 1.807) is 55.6 Å². The van der Waals surface area contributed by atoms with Crippen molar-refractivity contribution in [2.75, 3.05) is 31.3 Å². The summed E-state index contributed by atoms with van der Waals surface area (Å²) in [5, 5.41) is 5.96. The number of anilines is 2. The van der Waals surface area contributed by atoms with E-state index in [1.807, 2.05) is 6.07 Å². The minimum Gasteiger partial charge on any atom is -0.395 e. The molecule has 222 valence electrons. The second kappa shape index (κ2) is 12.7. The molecule has 9 nitrogen and oxygen atoms in total. The highest BCUT2D eigenvalue weighted by Gasteiger charge is 2.43. The molecule has 0 atom stereocenters. The summed E-state index contributed by atoms with van der Waals surface area (Å²) in [4.78, 5) is 32.2. The SMILES string of the molecule is COC1CCC(CCN(C)C(=O)c2cc(CNc3ccccc3C(=O)Nc3ccc4c(c3)OC(F)(F)O4)ccn2)CC1. The van der Waals surface area contributed by atoms with Crippen molar-refractivity contribution in [3.63, 3.8) is 0 Å². The Labute approximate surface area is 243 Å². The number of fused-ring (bicyclic) bond motifs is 1. The number of nitrogens with zero attached hydrogens (tertiary/aromatic N) is 2. The van der Waals surface area contributed by atoms with E-state index in [4.69, 9.17) is 4.74 Å². The zero-order chi connectivity index (χ0) is 29.7. The second-order valence-corrected chi connectivity index (χ2v) is 10.6. The summed E-state index contributed by atoms with van der Waals surface area (Å²) in [6.07, 6.45) is 3.56. The molecule has 2 amide bonds. The van der Waals surface area contributed by atoms with Gasteiger partial charge < -0.3 is 29.7 Å². The zero-order valence-electron chi connectivity index (χ0n) is 23.6. The highest BCUT2D eigenvalue weighted by molar-refractivity contribution is 6.08. The van der Waals surface area contributed by atoms with Crippen molar-refractivity contribution in [1.29, 1.82) is 0 Å². The average molecular weight is 581 g/mol. The Balaban J connectivity index is 1.17. The van der Waals surface area contributed by atoms with Gasteiger partial charge in [-0.1, -0.05) is 12.1 Å². The number of carbonyl (C=O) groups is 2. The van der Waals surface area contributed by atoms with E-state index in [0.29, 0.717) is 42.1 Å². The van der Waals surface area contributed by atoms with E-state index in [0.717, 1.165) is 37.7 Å². The molecular weight excluding hydrogens is 546 g/mol. The molecule has 11 heteroatoms. The molecule has 0 saturated heterocycles. The van der Waals surface area contributed by atoms with E-state index < -0.39 is 12.2 Å². The maximum Gasteiger partial charge on any atom is 0.586 e. The van der Waals surface area contributed by atoms with E-state index in [-0.39, 0.29) is 23.1 Å². The van der Waals surface area contributed by atoms with Crippen LogP contribution >= 0.6 is 0 Å². The lowest BCUT2D eigenvalue weighted by molar-refractivity contribution is -0.286. The van der Waals surface area contributed by atoms with Crippen molar-refractivity contribution in [2.45, 2.75) is 51.0 Å². The van der Waals surface area contributed by atoms with E-state index >= 15 is 0 Å². The number of benzene rings is 2. The Kier molecular flexibility index (Phi) is 8.86. The number of pyridine rings is 1. The molecule has 3 aromatic rings. The Bertz CT molecular complexity index is 1430. The van der Waals surface area contributed by atoms with Crippen LogP contribution in [-0.2, 0) is 11.3 Å². The number of aromatic nitrogens is 1. The third-order valence-corrected chi connectivity index (χ3v) is 7.70. The molecule has 0 radical (unpaired) electrons. The van der Waals surface area contributed by atoms with Crippen molar-refractivity contribution < 1.29 is 32.6 Å². The molecule has 2 aliphatic rings. The van der Waals surface area contributed by atoms with Gasteiger partial charge in [0.15, 0.2) is 11.5 Å². The van der Waals surface area contributed by atoms with Crippen LogP contribution in [0.2, 0.25) is 0 Å². The molecule has 42 heavy (non-hydrogen) atoms. The van der Waals surface area contributed by atoms with Crippen LogP contribution in [0.5, 0.6) is 11.5 Å². The fraction of sp³-hybridized carbons (Fsp3) is 0.387. The number of halogens is 2. The summed E-state index contributed by atoms with van der Waals surface area (Å²) >= 11 is 0. The third kappa shape index (κ3) is 7.14. The van der Waals surface area contributed by atoms with Crippen molar-refractivity contribution in [2.24, 2.45) is 5.92 Å². The van der Waals surface area contributed by atoms with Crippen LogP contribution in [0, 0.1) is 5.92 Å². The number of hydrogen-bond donors (Lipinski definition) is 2. The lowest BCUT2D eigenvalue weighted by Gasteiger charge is -2.28. The fourth-order valence-electron chi connectivity index (χ4n) is 5.29. The summed E-state index contributed by atoms with van der Waals surface area (Å²) < 4.78 is 41.0. The summed E-state index contributed by atoms with van der Waals surface area (Å²) in [6, 6.07) is 14.5. The Morgan fingerprint density at radius 3 is 2.60 bits per heavy atom. The van der Waals surface area contributed by atoms with Gasteiger partial charge in [0.25, 0.3) is 11.8 Å². The number of ether oxygens (including phenoxy) is 3. The molecule has 5 rings (SSSR count). The summed E-state index contributed by atoms with van der Waals surface area (Å²) in [5.74, 6) is -0.240. The predicted octanol–water partition coefficient (Wildman–Crippen LogP) is 5.93. The minimum atomic E-state index is -3.74. The predicted molar refractivity (Wildman–Crippen MR) is 153 cm³/mol. The first-order chi connectivity index (χ1) is 20.2. The Hall–Kier alpha value is -4.25. The number of rotatable bonds is 10. The fourth-order valence-corrected chi connectivity index (χ4v) is 5.29. The van der Waals surface area contributed by atoms with E-state index in [1.165, 1.54) is 18.2 Å². The molecule has 0 bridgehead atoms. The van der Waals surface area contributed by atoms with Crippen LogP contribution in [-0.4, -0.2) is 54.8 Å². The van der Waals surface area contributed by atoms with Gasteiger partial charge >= 0.3 is 6.29 Å². The largest absolute Gasteiger partial charge is 0.586 e. The number of amides is 2. The van der Waals surface area contributed by atoms with Gasteiger partial charge in [-0.25, -0.2) is 0 Å². The van der Waals surface area contributed by atoms with Crippen LogP contribution in [0.4, 0.5) is 20.2 Å². The molecule has 0 spiro atoms. The van der Waals surface area contributed by atoms with Gasteiger partial charge in [-0.15, -0.1) is 8.78 Å². The summed E-state index contributed by atoms with van der Waals surface area (Å²) in [7, 11) is 3.57. The van der Waals surface area contributed by atoms with E-state index in [9.17, 15) is 18.4 Å². The maximum absolute atomic E-state index is 13.3. The molecule has 1 aliphatic carbocycles. The van der Waals surface area contributed by atoms with Crippen molar-refractivity contribution in [3.8, 4) is 11.5 Å². The van der Waals surface area contributed by atoms with Crippen LogP contribution in [0.25, 0.3) is 0 Å². The van der Waals surface area contributed by atoms with Gasteiger partial charge in [-0.2, -0.15) is 0 Å². The quantitative estimate of drug-likeness (QED) is 0.306. The number of hydrogen-bond acceptors (Lipinski definition) is 7. The summed E-state index contributed by atoms with van der Waals surface area (Å²) in [6.45, 7) is 1.01. The Morgan fingerprint density at radius 2 is 1.81 bits per heavy atom. The van der Waals surface area contributed by atoms with Gasteiger partial charge in [-0.05, 0) is 80.0 Å².